The number of ether oxygens (including phenoxy) is 1. The third-order valence-electron chi connectivity index (χ3n) is 3.80. The third kappa shape index (κ3) is 7.47. The van der Waals surface area contributed by atoms with E-state index in [0.717, 1.165) is 19.3 Å². The second kappa shape index (κ2) is 8.80. The van der Waals surface area contributed by atoms with Gasteiger partial charge in [-0.2, -0.15) is 0 Å². The summed E-state index contributed by atoms with van der Waals surface area (Å²) in [6.07, 6.45) is 5.70. The summed E-state index contributed by atoms with van der Waals surface area (Å²) >= 11 is 0. The first-order valence-corrected chi connectivity index (χ1v) is 8.00. The Morgan fingerprint density at radius 1 is 1.32 bits per heavy atom. The van der Waals surface area contributed by atoms with Crippen LogP contribution in [0.4, 0.5) is 4.79 Å². The molecule has 128 valence electrons. The normalized spacial score (nSPS) is 18.4. The number of carbonyl (C=O) groups excluding carboxylic acids is 1. The Balaban J connectivity index is 2.18. The summed E-state index contributed by atoms with van der Waals surface area (Å²) in [5.74, 6) is 0. The number of rotatable bonds is 10. The van der Waals surface area contributed by atoms with Crippen LogP contribution in [-0.2, 0) is 9.57 Å². The Labute approximate surface area is 132 Å². The lowest BCUT2D eigenvalue weighted by Gasteiger charge is -2.21. The SMILES string of the molecule is CC(C)(C)CCCCCCN1C(=O)OCC1CCO[N+](=O)[O-]. The van der Waals surface area contributed by atoms with Crippen molar-refractivity contribution in [3.8, 4) is 0 Å². The van der Waals surface area contributed by atoms with Crippen molar-refractivity contribution in [2.45, 2.75) is 65.3 Å². The van der Waals surface area contributed by atoms with Crippen LogP contribution < -0.4 is 0 Å². The van der Waals surface area contributed by atoms with Gasteiger partial charge < -0.3 is 14.5 Å². The van der Waals surface area contributed by atoms with Gasteiger partial charge in [-0.3, -0.25) is 0 Å². The van der Waals surface area contributed by atoms with E-state index >= 15 is 0 Å². The molecule has 1 atom stereocenters. The van der Waals surface area contributed by atoms with Crippen molar-refractivity contribution in [3.63, 3.8) is 0 Å². The lowest BCUT2D eigenvalue weighted by molar-refractivity contribution is -0.757. The molecule has 7 heteroatoms. The van der Waals surface area contributed by atoms with E-state index in [1.165, 1.54) is 12.8 Å². The van der Waals surface area contributed by atoms with E-state index in [9.17, 15) is 14.9 Å². The molecule has 1 heterocycles. The highest BCUT2D eigenvalue weighted by atomic mass is 16.9. The van der Waals surface area contributed by atoms with Gasteiger partial charge in [0, 0.05) is 6.54 Å². The molecule has 7 nitrogen and oxygen atoms in total. The fourth-order valence-corrected chi connectivity index (χ4v) is 2.56. The van der Waals surface area contributed by atoms with Gasteiger partial charge in [0.2, 0.25) is 0 Å². The van der Waals surface area contributed by atoms with Crippen molar-refractivity contribution in [2.24, 2.45) is 5.41 Å². The quantitative estimate of drug-likeness (QED) is 0.350. The molecule has 0 saturated carbocycles. The fourth-order valence-electron chi connectivity index (χ4n) is 2.56. The molecule has 1 unspecified atom stereocenters. The summed E-state index contributed by atoms with van der Waals surface area (Å²) in [6.45, 7) is 7.66. The number of nitrogens with zero attached hydrogens (tertiary/aromatic N) is 2. The number of cyclic esters (lactones) is 1. The van der Waals surface area contributed by atoms with E-state index < -0.39 is 5.09 Å². The summed E-state index contributed by atoms with van der Waals surface area (Å²) in [5.41, 5.74) is 0.376. The van der Waals surface area contributed by atoms with E-state index in [0.29, 0.717) is 25.0 Å². The van der Waals surface area contributed by atoms with Crippen LogP contribution in [0.15, 0.2) is 0 Å². The van der Waals surface area contributed by atoms with Crippen LogP contribution in [0.3, 0.4) is 0 Å². The molecule has 0 aliphatic carbocycles. The van der Waals surface area contributed by atoms with E-state index in [4.69, 9.17) is 4.74 Å². The lowest BCUT2D eigenvalue weighted by Crippen LogP contribution is -2.35. The van der Waals surface area contributed by atoms with Crippen molar-refractivity contribution in [3.05, 3.63) is 10.1 Å². The first-order chi connectivity index (χ1) is 10.3. The average molecular weight is 316 g/mol. The summed E-state index contributed by atoms with van der Waals surface area (Å²) < 4.78 is 5.02. The maximum atomic E-state index is 11.7. The second-order valence-electron chi connectivity index (χ2n) is 6.99. The molecule has 0 aromatic heterocycles. The smallest absolute Gasteiger partial charge is 0.410 e. The molecule has 1 fully saturated rings. The van der Waals surface area contributed by atoms with Gasteiger partial charge >= 0.3 is 6.09 Å². The number of amides is 1. The van der Waals surface area contributed by atoms with Gasteiger partial charge in [-0.25, -0.2) is 4.79 Å². The van der Waals surface area contributed by atoms with Gasteiger partial charge in [0.15, 0.2) is 0 Å². The molecule has 1 rings (SSSR count). The maximum Gasteiger partial charge on any atom is 0.410 e. The molecule has 1 aliphatic rings. The monoisotopic (exact) mass is 316 g/mol. The Bertz CT molecular complexity index is 367. The van der Waals surface area contributed by atoms with E-state index in [1.807, 2.05) is 0 Å². The van der Waals surface area contributed by atoms with Crippen LogP contribution >= 0.6 is 0 Å². The molecule has 22 heavy (non-hydrogen) atoms. The van der Waals surface area contributed by atoms with Crippen LogP contribution in [-0.4, -0.2) is 41.9 Å². The predicted octanol–water partition coefficient (Wildman–Crippen LogP) is 3.40. The van der Waals surface area contributed by atoms with Crippen molar-refractivity contribution in [2.75, 3.05) is 19.8 Å². The van der Waals surface area contributed by atoms with Crippen molar-refractivity contribution >= 4 is 6.09 Å². The van der Waals surface area contributed by atoms with Gasteiger partial charge in [0.05, 0.1) is 12.6 Å². The first kappa shape index (κ1) is 18.5. The summed E-state index contributed by atoms with van der Waals surface area (Å²) in [6, 6.07) is -0.109. The summed E-state index contributed by atoms with van der Waals surface area (Å²) in [5, 5.41) is 9.33. The van der Waals surface area contributed by atoms with E-state index in [2.05, 4.69) is 25.6 Å². The minimum Gasteiger partial charge on any atom is -0.447 e. The predicted molar refractivity (Wildman–Crippen MR) is 81.9 cm³/mol. The largest absolute Gasteiger partial charge is 0.447 e. The van der Waals surface area contributed by atoms with Gasteiger partial charge in [0.1, 0.15) is 6.61 Å². The average Bonchev–Trinajstić information content (AvgIpc) is 2.73. The summed E-state index contributed by atoms with van der Waals surface area (Å²) in [4.78, 5) is 27.8. The van der Waals surface area contributed by atoms with Crippen LogP contribution in [0.1, 0.15) is 59.3 Å². The molecule has 0 bridgehead atoms. The molecule has 0 radical (unpaired) electrons. The van der Waals surface area contributed by atoms with Crippen molar-refractivity contribution in [1.82, 2.24) is 4.90 Å². The highest BCUT2D eigenvalue weighted by Crippen LogP contribution is 2.23. The zero-order valence-electron chi connectivity index (χ0n) is 13.9. The number of hydrogen-bond acceptors (Lipinski definition) is 5. The zero-order valence-corrected chi connectivity index (χ0v) is 13.9. The topological polar surface area (TPSA) is 81.9 Å². The molecule has 0 N–H and O–H groups in total. The van der Waals surface area contributed by atoms with Crippen LogP contribution in [0.25, 0.3) is 0 Å². The highest BCUT2D eigenvalue weighted by molar-refractivity contribution is 5.70. The Morgan fingerprint density at radius 2 is 2.00 bits per heavy atom. The van der Waals surface area contributed by atoms with Crippen LogP contribution in [0.5, 0.6) is 0 Å². The molecule has 1 aliphatic heterocycles. The molecular formula is C15H28N2O5. The van der Waals surface area contributed by atoms with Gasteiger partial charge in [-0.05, 0) is 24.7 Å². The maximum absolute atomic E-state index is 11.7. The molecule has 0 spiro atoms. The van der Waals surface area contributed by atoms with Gasteiger partial charge in [-0.1, -0.05) is 40.0 Å². The molecule has 0 aromatic rings. The van der Waals surface area contributed by atoms with Gasteiger partial charge in [0.25, 0.3) is 5.09 Å². The molecule has 0 aromatic carbocycles. The minimum atomic E-state index is -0.808. The number of hydrogen-bond donors (Lipinski definition) is 0. The molecule has 1 amide bonds. The lowest BCUT2D eigenvalue weighted by atomic mass is 9.89. The Kier molecular flexibility index (Phi) is 7.41. The van der Waals surface area contributed by atoms with Crippen molar-refractivity contribution < 1.29 is 19.5 Å². The third-order valence-corrected chi connectivity index (χ3v) is 3.80. The second-order valence-corrected chi connectivity index (χ2v) is 6.99. The standard InChI is InChI=1S/C15H28N2O5/c1-15(2,3)9-6-4-5-7-10-16-13(12-21-14(16)18)8-11-22-17(19)20/h13H,4-12H2,1-3H3. The Morgan fingerprint density at radius 3 is 2.64 bits per heavy atom. The Hall–Kier alpha value is -1.53. The molecule has 1 saturated heterocycles. The van der Waals surface area contributed by atoms with E-state index in [1.54, 1.807) is 4.90 Å². The van der Waals surface area contributed by atoms with Crippen LogP contribution in [0.2, 0.25) is 0 Å². The summed E-state index contributed by atoms with van der Waals surface area (Å²) in [7, 11) is 0. The highest BCUT2D eigenvalue weighted by Gasteiger charge is 2.32. The first-order valence-electron chi connectivity index (χ1n) is 8.00. The number of unbranched alkanes of at least 4 members (excludes halogenated alkanes) is 3. The molecular weight excluding hydrogens is 288 g/mol. The fraction of sp³-hybridized carbons (Fsp3) is 0.933. The van der Waals surface area contributed by atoms with Crippen molar-refractivity contribution in [1.29, 1.82) is 0 Å². The number of carbonyl (C=O) groups is 1. The van der Waals surface area contributed by atoms with Gasteiger partial charge in [-0.15, -0.1) is 10.1 Å². The minimum absolute atomic E-state index is 0.00358. The zero-order chi connectivity index (χ0) is 16.6. The van der Waals surface area contributed by atoms with E-state index in [-0.39, 0.29) is 18.7 Å². The van der Waals surface area contributed by atoms with Crippen LogP contribution in [0, 0.1) is 15.5 Å².